The number of hydrogen-bond donors (Lipinski definition) is 1. The van der Waals surface area contributed by atoms with Crippen LogP contribution in [-0.2, 0) is 6.54 Å². The SMILES string of the molecule is CNc1ccc(Cn2c(C)ncc(Br)c2=O)cn1. The zero-order valence-corrected chi connectivity index (χ0v) is 11.7. The number of halogens is 1. The van der Waals surface area contributed by atoms with E-state index in [0.29, 0.717) is 16.8 Å². The van der Waals surface area contributed by atoms with Gasteiger partial charge in [0.25, 0.3) is 5.56 Å². The molecule has 0 radical (unpaired) electrons. The standard InChI is InChI=1S/C12H13BrN4O/c1-8-15-6-10(13)12(18)17(8)7-9-3-4-11(14-2)16-5-9/h3-6H,7H2,1-2H3,(H,14,16). The van der Waals surface area contributed by atoms with Crippen LogP contribution in [0.5, 0.6) is 0 Å². The molecule has 18 heavy (non-hydrogen) atoms. The van der Waals surface area contributed by atoms with Gasteiger partial charge in [-0.2, -0.15) is 0 Å². The minimum Gasteiger partial charge on any atom is -0.373 e. The van der Waals surface area contributed by atoms with Crippen LogP contribution in [0.3, 0.4) is 0 Å². The Hall–Kier alpha value is -1.69. The van der Waals surface area contributed by atoms with Crippen LogP contribution in [0, 0.1) is 6.92 Å². The molecule has 94 valence electrons. The molecule has 2 rings (SSSR count). The van der Waals surface area contributed by atoms with Crippen molar-refractivity contribution >= 4 is 21.7 Å². The van der Waals surface area contributed by atoms with E-state index in [1.54, 1.807) is 10.8 Å². The number of aromatic nitrogens is 3. The molecule has 0 aromatic carbocycles. The number of aryl methyl sites for hydroxylation is 1. The zero-order chi connectivity index (χ0) is 13.1. The Kier molecular flexibility index (Phi) is 3.76. The first-order chi connectivity index (χ1) is 8.61. The van der Waals surface area contributed by atoms with Crippen molar-refractivity contribution in [2.75, 3.05) is 12.4 Å². The van der Waals surface area contributed by atoms with Crippen molar-refractivity contribution in [2.24, 2.45) is 0 Å². The largest absolute Gasteiger partial charge is 0.373 e. The van der Waals surface area contributed by atoms with Crippen molar-refractivity contribution in [2.45, 2.75) is 13.5 Å². The third kappa shape index (κ3) is 2.59. The lowest BCUT2D eigenvalue weighted by atomic mass is 10.2. The Labute approximate surface area is 113 Å². The molecule has 0 aliphatic rings. The second kappa shape index (κ2) is 5.30. The predicted octanol–water partition coefficient (Wildman–Crippen LogP) is 1.80. The minimum absolute atomic E-state index is 0.0832. The van der Waals surface area contributed by atoms with Gasteiger partial charge in [0, 0.05) is 19.4 Å². The van der Waals surface area contributed by atoms with Gasteiger partial charge in [0.2, 0.25) is 0 Å². The van der Waals surface area contributed by atoms with Crippen LogP contribution in [0.25, 0.3) is 0 Å². The second-order valence-electron chi connectivity index (χ2n) is 3.85. The van der Waals surface area contributed by atoms with E-state index in [4.69, 9.17) is 0 Å². The Morgan fingerprint density at radius 1 is 1.33 bits per heavy atom. The molecule has 2 aromatic rings. The fourth-order valence-corrected chi connectivity index (χ4v) is 1.90. The molecular weight excluding hydrogens is 296 g/mol. The molecular formula is C12H13BrN4O. The summed E-state index contributed by atoms with van der Waals surface area (Å²) in [4.78, 5) is 20.3. The van der Waals surface area contributed by atoms with E-state index in [0.717, 1.165) is 11.4 Å². The summed E-state index contributed by atoms with van der Waals surface area (Å²) >= 11 is 3.19. The number of nitrogens with zero attached hydrogens (tertiary/aromatic N) is 3. The van der Waals surface area contributed by atoms with Crippen molar-refractivity contribution in [3.8, 4) is 0 Å². The van der Waals surface area contributed by atoms with E-state index in [9.17, 15) is 4.79 Å². The lowest BCUT2D eigenvalue weighted by molar-refractivity contribution is 0.693. The van der Waals surface area contributed by atoms with Gasteiger partial charge in [-0.3, -0.25) is 9.36 Å². The molecule has 0 saturated heterocycles. The maximum Gasteiger partial charge on any atom is 0.268 e. The highest BCUT2D eigenvalue weighted by Gasteiger charge is 2.06. The van der Waals surface area contributed by atoms with E-state index in [1.165, 1.54) is 6.20 Å². The highest BCUT2D eigenvalue weighted by molar-refractivity contribution is 9.10. The second-order valence-corrected chi connectivity index (χ2v) is 4.70. The average Bonchev–Trinajstić information content (AvgIpc) is 2.40. The van der Waals surface area contributed by atoms with Gasteiger partial charge in [-0.25, -0.2) is 9.97 Å². The quantitative estimate of drug-likeness (QED) is 0.939. The first-order valence-corrected chi connectivity index (χ1v) is 6.25. The molecule has 0 aliphatic carbocycles. The third-order valence-electron chi connectivity index (χ3n) is 2.63. The van der Waals surface area contributed by atoms with Gasteiger partial charge in [0.15, 0.2) is 0 Å². The highest BCUT2D eigenvalue weighted by atomic mass is 79.9. The molecule has 0 spiro atoms. The van der Waals surface area contributed by atoms with Gasteiger partial charge in [-0.05, 0) is 34.5 Å². The Balaban J connectivity index is 2.33. The van der Waals surface area contributed by atoms with Crippen molar-refractivity contribution < 1.29 is 0 Å². The summed E-state index contributed by atoms with van der Waals surface area (Å²) in [6, 6.07) is 3.81. The van der Waals surface area contributed by atoms with Gasteiger partial charge in [0.1, 0.15) is 16.1 Å². The maximum atomic E-state index is 12.0. The van der Waals surface area contributed by atoms with Gasteiger partial charge >= 0.3 is 0 Å². The Morgan fingerprint density at radius 2 is 2.11 bits per heavy atom. The van der Waals surface area contributed by atoms with Crippen LogP contribution < -0.4 is 10.9 Å². The van der Waals surface area contributed by atoms with Gasteiger partial charge in [-0.1, -0.05) is 6.07 Å². The predicted molar refractivity (Wildman–Crippen MR) is 73.8 cm³/mol. The summed E-state index contributed by atoms with van der Waals surface area (Å²) in [6.07, 6.45) is 3.27. The first kappa shape index (κ1) is 12.8. The molecule has 0 aliphatic heterocycles. The zero-order valence-electron chi connectivity index (χ0n) is 10.1. The lowest BCUT2D eigenvalue weighted by Crippen LogP contribution is -2.24. The normalized spacial score (nSPS) is 10.4. The van der Waals surface area contributed by atoms with Crippen molar-refractivity contribution in [1.82, 2.24) is 14.5 Å². The first-order valence-electron chi connectivity index (χ1n) is 5.46. The lowest BCUT2D eigenvalue weighted by Gasteiger charge is -2.09. The molecule has 0 atom stereocenters. The van der Waals surface area contributed by atoms with Crippen LogP contribution in [-0.4, -0.2) is 21.6 Å². The summed E-state index contributed by atoms with van der Waals surface area (Å²) in [6.45, 7) is 2.28. The Morgan fingerprint density at radius 3 is 2.72 bits per heavy atom. The summed E-state index contributed by atoms with van der Waals surface area (Å²) in [5.41, 5.74) is 0.874. The fraction of sp³-hybridized carbons (Fsp3) is 0.250. The number of pyridine rings is 1. The van der Waals surface area contributed by atoms with Crippen LogP contribution in [0.15, 0.2) is 33.8 Å². The molecule has 0 bridgehead atoms. The smallest absolute Gasteiger partial charge is 0.268 e. The topological polar surface area (TPSA) is 59.8 Å². The van der Waals surface area contributed by atoms with Crippen LogP contribution in [0.4, 0.5) is 5.82 Å². The Bertz CT molecular complexity index is 606. The van der Waals surface area contributed by atoms with Crippen molar-refractivity contribution in [3.63, 3.8) is 0 Å². The number of hydrogen-bond acceptors (Lipinski definition) is 4. The van der Waals surface area contributed by atoms with Crippen molar-refractivity contribution in [1.29, 1.82) is 0 Å². The third-order valence-corrected chi connectivity index (χ3v) is 3.17. The van der Waals surface area contributed by atoms with Crippen LogP contribution in [0.1, 0.15) is 11.4 Å². The maximum absolute atomic E-state index is 12.0. The summed E-state index contributed by atoms with van der Waals surface area (Å²) in [5.74, 6) is 1.48. The van der Waals surface area contributed by atoms with E-state index in [2.05, 4.69) is 31.2 Å². The van der Waals surface area contributed by atoms with E-state index in [-0.39, 0.29) is 5.56 Å². The average molecular weight is 309 g/mol. The monoisotopic (exact) mass is 308 g/mol. The molecule has 0 saturated carbocycles. The van der Waals surface area contributed by atoms with E-state index < -0.39 is 0 Å². The molecule has 0 unspecified atom stereocenters. The molecule has 2 heterocycles. The van der Waals surface area contributed by atoms with Gasteiger partial charge in [-0.15, -0.1) is 0 Å². The summed E-state index contributed by atoms with van der Waals surface area (Å²) in [5, 5.41) is 2.95. The van der Waals surface area contributed by atoms with Crippen LogP contribution >= 0.6 is 15.9 Å². The number of rotatable bonds is 3. The van der Waals surface area contributed by atoms with Gasteiger partial charge in [0.05, 0.1) is 6.54 Å². The van der Waals surface area contributed by atoms with Crippen molar-refractivity contribution in [3.05, 3.63) is 50.7 Å². The summed E-state index contributed by atoms with van der Waals surface area (Å²) < 4.78 is 2.08. The fourth-order valence-electron chi connectivity index (χ4n) is 1.59. The molecule has 0 fully saturated rings. The molecule has 1 N–H and O–H groups in total. The minimum atomic E-state index is -0.0832. The number of nitrogens with one attached hydrogen (secondary N) is 1. The van der Waals surface area contributed by atoms with E-state index >= 15 is 0 Å². The molecule has 5 nitrogen and oxygen atoms in total. The highest BCUT2D eigenvalue weighted by Crippen LogP contribution is 2.07. The van der Waals surface area contributed by atoms with E-state index in [1.807, 2.05) is 26.1 Å². The van der Waals surface area contributed by atoms with Gasteiger partial charge < -0.3 is 5.32 Å². The summed E-state index contributed by atoms with van der Waals surface area (Å²) in [7, 11) is 1.81. The molecule has 6 heteroatoms. The van der Waals surface area contributed by atoms with Crippen LogP contribution in [0.2, 0.25) is 0 Å². The molecule has 2 aromatic heterocycles. The molecule has 0 amide bonds. The number of anilines is 1.